The maximum atomic E-state index is 11.6. The van der Waals surface area contributed by atoms with Crippen LogP contribution in [0.1, 0.15) is 12.0 Å². The molecule has 2 amide bonds. The van der Waals surface area contributed by atoms with Crippen molar-refractivity contribution in [2.24, 2.45) is 0 Å². The second-order valence-corrected chi connectivity index (χ2v) is 4.68. The number of esters is 1. The van der Waals surface area contributed by atoms with E-state index in [1.54, 1.807) is 4.90 Å². The zero-order valence-corrected chi connectivity index (χ0v) is 11.3. The molecule has 3 N–H and O–H groups in total. The maximum absolute atomic E-state index is 11.6. The number of nitrogens with one attached hydrogen (secondary N) is 1. The first-order chi connectivity index (χ1) is 9.65. The molecular formula is C14H19N3O3. The predicted molar refractivity (Wildman–Crippen MR) is 75.1 cm³/mol. The zero-order chi connectivity index (χ0) is 14.4. The van der Waals surface area contributed by atoms with Crippen LogP contribution >= 0.6 is 0 Å². The molecule has 6 nitrogen and oxygen atoms in total. The quantitative estimate of drug-likeness (QED) is 0.594. The summed E-state index contributed by atoms with van der Waals surface area (Å²) in [6, 6.07) is 7.33. The summed E-state index contributed by atoms with van der Waals surface area (Å²) in [4.78, 5) is 24.5. The van der Waals surface area contributed by atoms with Crippen LogP contribution in [0, 0.1) is 0 Å². The summed E-state index contributed by atoms with van der Waals surface area (Å²) in [5.74, 6) is -0.249. The molecule has 1 aliphatic rings. The number of amides is 2. The van der Waals surface area contributed by atoms with Crippen LogP contribution in [0.4, 0.5) is 10.5 Å². The van der Waals surface area contributed by atoms with E-state index in [9.17, 15) is 9.59 Å². The number of rotatable bonds is 6. The first-order valence-electron chi connectivity index (χ1n) is 6.68. The molecule has 0 aliphatic carbocycles. The average Bonchev–Trinajstić information content (AvgIpc) is 2.84. The van der Waals surface area contributed by atoms with Crippen molar-refractivity contribution in [2.75, 3.05) is 32.0 Å². The standard InChI is InChI=1S/C14H19N3O3/c15-12-4-1-11(2-5-12)3-6-13(18)20-10-9-17-8-7-16-14(17)19/h1-2,4-5H,3,6-10,15H2,(H,16,19). The molecule has 0 bridgehead atoms. The van der Waals surface area contributed by atoms with E-state index in [1.165, 1.54) is 0 Å². The van der Waals surface area contributed by atoms with Gasteiger partial charge in [-0.1, -0.05) is 12.1 Å². The fraction of sp³-hybridized carbons (Fsp3) is 0.429. The topological polar surface area (TPSA) is 84.7 Å². The summed E-state index contributed by atoms with van der Waals surface area (Å²) >= 11 is 0. The molecular weight excluding hydrogens is 258 g/mol. The fourth-order valence-electron chi connectivity index (χ4n) is 2.00. The highest BCUT2D eigenvalue weighted by Gasteiger charge is 2.18. The van der Waals surface area contributed by atoms with Gasteiger partial charge in [0, 0.05) is 25.2 Å². The molecule has 108 valence electrons. The van der Waals surface area contributed by atoms with Crippen molar-refractivity contribution in [3.63, 3.8) is 0 Å². The minimum atomic E-state index is -0.249. The monoisotopic (exact) mass is 277 g/mol. The number of benzene rings is 1. The summed E-state index contributed by atoms with van der Waals surface area (Å²) in [6.45, 7) is 2.01. The van der Waals surface area contributed by atoms with Crippen molar-refractivity contribution in [1.82, 2.24) is 10.2 Å². The van der Waals surface area contributed by atoms with E-state index in [-0.39, 0.29) is 18.6 Å². The molecule has 0 aromatic heterocycles. The molecule has 1 aromatic rings. The Balaban J connectivity index is 1.63. The molecule has 1 heterocycles. The number of urea groups is 1. The third-order valence-corrected chi connectivity index (χ3v) is 3.17. The lowest BCUT2D eigenvalue weighted by Crippen LogP contribution is -2.31. The number of hydrogen-bond acceptors (Lipinski definition) is 4. The summed E-state index contributed by atoms with van der Waals surface area (Å²) in [5.41, 5.74) is 7.35. The average molecular weight is 277 g/mol. The molecule has 0 radical (unpaired) electrons. The Morgan fingerprint density at radius 3 is 2.75 bits per heavy atom. The lowest BCUT2D eigenvalue weighted by Gasteiger charge is -2.13. The Morgan fingerprint density at radius 2 is 2.10 bits per heavy atom. The second kappa shape index (κ2) is 6.79. The first kappa shape index (κ1) is 14.2. The molecule has 1 saturated heterocycles. The van der Waals surface area contributed by atoms with Crippen LogP contribution < -0.4 is 11.1 Å². The van der Waals surface area contributed by atoms with E-state index < -0.39 is 0 Å². The van der Waals surface area contributed by atoms with Gasteiger partial charge < -0.3 is 20.7 Å². The highest BCUT2D eigenvalue weighted by molar-refractivity contribution is 5.76. The van der Waals surface area contributed by atoms with E-state index in [4.69, 9.17) is 10.5 Å². The number of anilines is 1. The highest BCUT2D eigenvalue weighted by Crippen LogP contribution is 2.08. The van der Waals surface area contributed by atoms with Crippen LogP contribution in [0.2, 0.25) is 0 Å². The molecule has 0 unspecified atom stereocenters. The van der Waals surface area contributed by atoms with Crippen LogP contribution in [0.3, 0.4) is 0 Å². The Kier molecular flexibility index (Phi) is 4.81. The lowest BCUT2D eigenvalue weighted by atomic mass is 10.1. The number of nitrogen functional groups attached to an aromatic ring is 1. The molecule has 0 spiro atoms. The largest absolute Gasteiger partial charge is 0.464 e. The molecule has 2 rings (SSSR count). The van der Waals surface area contributed by atoms with Gasteiger partial charge in [0.2, 0.25) is 0 Å². The van der Waals surface area contributed by atoms with E-state index >= 15 is 0 Å². The molecule has 20 heavy (non-hydrogen) atoms. The van der Waals surface area contributed by atoms with Gasteiger partial charge in [0.1, 0.15) is 6.61 Å². The Labute approximate surface area is 117 Å². The van der Waals surface area contributed by atoms with E-state index in [1.807, 2.05) is 24.3 Å². The first-order valence-corrected chi connectivity index (χ1v) is 6.68. The van der Waals surface area contributed by atoms with Gasteiger partial charge in [0.25, 0.3) is 0 Å². The number of carbonyl (C=O) groups is 2. The SMILES string of the molecule is Nc1ccc(CCC(=O)OCCN2CCNC2=O)cc1. The minimum absolute atomic E-state index is 0.0945. The normalized spacial score (nSPS) is 14.2. The van der Waals surface area contributed by atoms with Crippen molar-refractivity contribution in [1.29, 1.82) is 0 Å². The van der Waals surface area contributed by atoms with Gasteiger partial charge in [0.15, 0.2) is 0 Å². The summed E-state index contributed by atoms with van der Waals surface area (Å²) in [5, 5.41) is 2.70. The van der Waals surface area contributed by atoms with Crippen LogP contribution in [-0.2, 0) is 16.0 Å². The van der Waals surface area contributed by atoms with Crippen LogP contribution in [0.25, 0.3) is 0 Å². The highest BCUT2D eigenvalue weighted by atomic mass is 16.5. The van der Waals surface area contributed by atoms with Gasteiger partial charge >= 0.3 is 12.0 Å². The van der Waals surface area contributed by atoms with Crippen LogP contribution in [-0.4, -0.2) is 43.1 Å². The van der Waals surface area contributed by atoms with Crippen molar-refractivity contribution < 1.29 is 14.3 Å². The lowest BCUT2D eigenvalue weighted by molar-refractivity contribution is -0.143. The Bertz CT molecular complexity index is 473. The van der Waals surface area contributed by atoms with Crippen molar-refractivity contribution in [2.45, 2.75) is 12.8 Å². The number of aryl methyl sites for hydroxylation is 1. The summed E-state index contributed by atoms with van der Waals surface area (Å²) in [6.07, 6.45) is 0.958. The van der Waals surface area contributed by atoms with E-state index in [2.05, 4.69) is 5.32 Å². The maximum Gasteiger partial charge on any atom is 0.317 e. The third kappa shape index (κ3) is 4.15. The Morgan fingerprint density at radius 1 is 1.35 bits per heavy atom. The fourth-order valence-corrected chi connectivity index (χ4v) is 2.00. The smallest absolute Gasteiger partial charge is 0.317 e. The molecule has 0 saturated carbocycles. The van der Waals surface area contributed by atoms with Gasteiger partial charge in [-0.25, -0.2) is 4.79 Å². The van der Waals surface area contributed by atoms with Crippen molar-refractivity contribution in [3.05, 3.63) is 29.8 Å². The molecule has 6 heteroatoms. The number of nitrogens with two attached hydrogens (primary N) is 1. The van der Waals surface area contributed by atoms with E-state index in [0.29, 0.717) is 38.2 Å². The second-order valence-electron chi connectivity index (χ2n) is 4.68. The van der Waals surface area contributed by atoms with Crippen molar-refractivity contribution in [3.8, 4) is 0 Å². The van der Waals surface area contributed by atoms with Gasteiger partial charge in [-0.05, 0) is 24.1 Å². The van der Waals surface area contributed by atoms with Gasteiger partial charge in [-0.2, -0.15) is 0 Å². The predicted octanol–water partition coefficient (Wildman–Crippen LogP) is 0.770. The van der Waals surface area contributed by atoms with Crippen LogP contribution in [0.5, 0.6) is 0 Å². The van der Waals surface area contributed by atoms with Gasteiger partial charge in [-0.3, -0.25) is 4.79 Å². The van der Waals surface area contributed by atoms with Gasteiger partial charge in [-0.15, -0.1) is 0 Å². The third-order valence-electron chi connectivity index (χ3n) is 3.17. The number of carbonyl (C=O) groups excluding carboxylic acids is 2. The molecule has 1 aromatic carbocycles. The molecule has 1 fully saturated rings. The van der Waals surface area contributed by atoms with Crippen LogP contribution in [0.15, 0.2) is 24.3 Å². The van der Waals surface area contributed by atoms with E-state index in [0.717, 1.165) is 5.56 Å². The number of nitrogens with zero attached hydrogens (tertiary/aromatic N) is 1. The molecule has 1 aliphatic heterocycles. The number of hydrogen-bond donors (Lipinski definition) is 2. The summed E-state index contributed by atoms with van der Waals surface area (Å²) in [7, 11) is 0. The minimum Gasteiger partial charge on any atom is -0.464 e. The number of ether oxygens (including phenoxy) is 1. The summed E-state index contributed by atoms with van der Waals surface area (Å²) < 4.78 is 5.11. The van der Waals surface area contributed by atoms with Crippen molar-refractivity contribution >= 4 is 17.7 Å². The Hall–Kier alpha value is -2.24. The van der Waals surface area contributed by atoms with Gasteiger partial charge in [0.05, 0.1) is 6.54 Å². The molecule has 0 atom stereocenters. The zero-order valence-electron chi connectivity index (χ0n) is 11.3.